The molecule has 0 saturated carbocycles. The average molecular weight is 333 g/mol. The first-order valence-electron chi connectivity index (χ1n) is 6.73. The van der Waals surface area contributed by atoms with Crippen LogP contribution in [0.2, 0.25) is 5.02 Å². The van der Waals surface area contributed by atoms with E-state index in [1.54, 1.807) is 24.3 Å². The minimum absolute atomic E-state index is 0.0407. The molecule has 0 aromatic heterocycles. The number of benzene rings is 1. The molecule has 118 valence electrons. The quantitative estimate of drug-likeness (QED) is 0.804. The summed E-state index contributed by atoms with van der Waals surface area (Å²) in [4.78, 5) is 12.0. The van der Waals surface area contributed by atoms with E-state index in [0.29, 0.717) is 10.6 Å². The summed E-state index contributed by atoms with van der Waals surface area (Å²) in [6, 6.07) is 6.20. The van der Waals surface area contributed by atoms with Crippen LogP contribution >= 0.6 is 11.6 Å². The van der Waals surface area contributed by atoms with Gasteiger partial charge in [0.1, 0.15) is 0 Å². The third kappa shape index (κ3) is 6.93. The van der Waals surface area contributed by atoms with Gasteiger partial charge in [-0.25, -0.2) is 13.1 Å². The van der Waals surface area contributed by atoms with Gasteiger partial charge in [-0.1, -0.05) is 30.7 Å². The van der Waals surface area contributed by atoms with Crippen LogP contribution in [-0.4, -0.2) is 26.6 Å². The lowest BCUT2D eigenvalue weighted by Crippen LogP contribution is -2.36. The molecule has 0 aliphatic carbocycles. The monoisotopic (exact) mass is 332 g/mol. The molecular weight excluding hydrogens is 312 g/mol. The Morgan fingerprint density at radius 1 is 1.29 bits per heavy atom. The molecule has 1 aromatic rings. The molecule has 2 N–H and O–H groups in total. The van der Waals surface area contributed by atoms with Crippen molar-refractivity contribution in [1.82, 2.24) is 10.0 Å². The average Bonchev–Trinajstić information content (AvgIpc) is 2.37. The second-order valence-corrected chi connectivity index (χ2v) is 7.29. The predicted octanol–water partition coefficient (Wildman–Crippen LogP) is 2.24. The van der Waals surface area contributed by atoms with Gasteiger partial charge in [0.15, 0.2) is 0 Å². The molecule has 0 bridgehead atoms. The molecule has 1 amide bonds. The lowest BCUT2D eigenvalue weighted by Gasteiger charge is -2.19. The summed E-state index contributed by atoms with van der Waals surface area (Å²) in [5.74, 6) is -0.194. The third-order valence-corrected chi connectivity index (χ3v) is 4.00. The Hall–Kier alpha value is -1.11. The van der Waals surface area contributed by atoms with Crippen molar-refractivity contribution in [3.05, 3.63) is 34.9 Å². The number of sulfonamides is 1. The van der Waals surface area contributed by atoms with E-state index >= 15 is 0 Å². The summed E-state index contributed by atoms with van der Waals surface area (Å²) in [6.07, 6.45) is 1.93. The maximum atomic E-state index is 12.0. The van der Waals surface area contributed by atoms with Crippen LogP contribution in [0.25, 0.3) is 0 Å². The van der Waals surface area contributed by atoms with Crippen molar-refractivity contribution in [2.45, 2.75) is 38.8 Å². The largest absolute Gasteiger partial charge is 0.354 e. The second-order valence-electron chi connectivity index (χ2n) is 5.08. The van der Waals surface area contributed by atoms with Crippen molar-refractivity contribution in [1.29, 1.82) is 0 Å². The van der Waals surface area contributed by atoms with Crippen LogP contribution in [0.3, 0.4) is 0 Å². The number of rotatable bonds is 7. The first kappa shape index (κ1) is 17.9. The van der Waals surface area contributed by atoms with Gasteiger partial charge in [0.2, 0.25) is 15.9 Å². The first-order chi connectivity index (χ1) is 9.71. The fraction of sp³-hybridized carbons (Fsp3) is 0.500. The van der Waals surface area contributed by atoms with Gasteiger partial charge in [0.05, 0.1) is 12.3 Å². The normalized spacial score (nSPS) is 14.5. The van der Waals surface area contributed by atoms with Gasteiger partial charge < -0.3 is 5.32 Å². The molecule has 0 heterocycles. The number of halogens is 1. The molecule has 0 aliphatic rings. The molecule has 7 heteroatoms. The third-order valence-electron chi connectivity index (χ3n) is 3.04. The second kappa shape index (κ2) is 7.77. The summed E-state index contributed by atoms with van der Waals surface area (Å²) >= 11 is 5.82. The molecule has 0 fully saturated rings. The lowest BCUT2D eigenvalue weighted by molar-refractivity contribution is -0.122. The standard InChI is InChI=1S/C14H21ClN2O3S/c1-4-10(2)16-14(18)9-13(17-21(3,19)20)11-5-7-12(15)8-6-11/h5-8,10,13,17H,4,9H2,1-3H3,(H,16,18)/t10-,13-/m1/s1. The van der Waals surface area contributed by atoms with E-state index in [-0.39, 0.29) is 18.4 Å². The zero-order valence-corrected chi connectivity index (χ0v) is 14.0. The van der Waals surface area contributed by atoms with E-state index < -0.39 is 16.1 Å². The van der Waals surface area contributed by atoms with E-state index in [4.69, 9.17) is 11.6 Å². The molecule has 1 rings (SSSR count). The van der Waals surface area contributed by atoms with Gasteiger partial charge in [-0.05, 0) is 31.0 Å². The van der Waals surface area contributed by atoms with Crippen molar-refractivity contribution in [2.24, 2.45) is 0 Å². The van der Waals surface area contributed by atoms with Crippen LogP contribution in [0.4, 0.5) is 0 Å². The topological polar surface area (TPSA) is 75.3 Å². The van der Waals surface area contributed by atoms with Crippen molar-refractivity contribution in [3.63, 3.8) is 0 Å². The molecular formula is C14H21ClN2O3S. The van der Waals surface area contributed by atoms with Crippen molar-refractivity contribution >= 4 is 27.5 Å². The highest BCUT2D eigenvalue weighted by atomic mass is 35.5. The van der Waals surface area contributed by atoms with Crippen molar-refractivity contribution in [3.8, 4) is 0 Å². The number of hydrogen-bond donors (Lipinski definition) is 2. The Morgan fingerprint density at radius 3 is 2.33 bits per heavy atom. The number of nitrogens with one attached hydrogen (secondary N) is 2. The van der Waals surface area contributed by atoms with Crippen molar-refractivity contribution < 1.29 is 13.2 Å². The summed E-state index contributed by atoms with van der Waals surface area (Å²) in [5.41, 5.74) is 0.698. The molecule has 0 unspecified atom stereocenters. The molecule has 0 saturated heterocycles. The Balaban J connectivity index is 2.87. The SMILES string of the molecule is CC[C@@H](C)NC(=O)C[C@@H](NS(C)(=O)=O)c1ccc(Cl)cc1. The Kier molecular flexibility index (Phi) is 6.64. The van der Waals surface area contributed by atoms with Crippen molar-refractivity contribution in [2.75, 3.05) is 6.26 Å². The van der Waals surface area contributed by atoms with Gasteiger partial charge in [0, 0.05) is 17.5 Å². The summed E-state index contributed by atoms with van der Waals surface area (Å²) in [6.45, 7) is 3.87. The Labute approximate surface area is 131 Å². The summed E-state index contributed by atoms with van der Waals surface area (Å²) in [7, 11) is -3.42. The zero-order valence-electron chi connectivity index (χ0n) is 12.4. The van der Waals surface area contributed by atoms with Crippen LogP contribution in [-0.2, 0) is 14.8 Å². The van der Waals surface area contributed by atoms with Gasteiger partial charge in [0.25, 0.3) is 0 Å². The number of amides is 1. The first-order valence-corrected chi connectivity index (χ1v) is 9.00. The van der Waals surface area contributed by atoms with Gasteiger partial charge in [-0.3, -0.25) is 4.79 Å². The van der Waals surface area contributed by atoms with Crippen LogP contribution in [0, 0.1) is 0 Å². The van der Waals surface area contributed by atoms with Gasteiger partial charge in [-0.15, -0.1) is 0 Å². The van der Waals surface area contributed by atoms with Gasteiger partial charge >= 0.3 is 0 Å². The highest BCUT2D eigenvalue weighted by Crippen LogP contribution is 2.20. The molecule has 0 aliphatic heterocycles. The fourth-order valence-electron chi connectivity index (χ4n) is 1.80. The van der Waals surface area contributed by atoms with E-state index in [1.165, 1.54) is 0 Å². The predicted molar refractivity (Wildman–Crippen MR) is 84.7 cm³/mol. The molecule has 2 atom stereocenters. The highest BCUT2D eigenvalue weighted by Gasteiger charge is 2.20. The van der Waals surface area contributed by atoms with E-state index in [9.17, 15) is 13.2 Å². The molecule has 21 heavy (non-hydrogen) atoms. The zero-order chi connectivity index (χ0) is 16.0. The molecule has 0 spiro atoms. The fourth-order valence-corrected chi connectivity index (χ4v) is 2.66. The minimum Gasteiger partial charge on any atom is -0.354 e. The van der Waals surface area contributed by atoms with Crippen LogP contribution in [0.15, 0.2) is 24.3 Å². The molecule has 1 aromatic carbocycles. The Bertz CT molecular complexity index is 572. The van der Waals surface area contributed by atoms with E-state index in [2.05, 4.69) is 10.0 Å². The number of carbonyl (C=O) groups is 1. The minimum atomic E-state index is -3.42. The van der Waals surface area contributed by atoms with Crippen LogP contribution in [0.5, 0.6) is 0 Å². The highest BCUT2D eigenvalue weighted by molar-refractivity contribution is 7.88. The number of hydrogen-bond acceptors (Lipinski definition) is 3. The Morgan fingerprint density at radius 2 is 1.86 bits per heavy atom. The van der Waals surface area contributed by atoms with Crippen LogP contribution in [0.1, 0.15) is 38.3 Å². The van der Waals surface area contributed by atoms with Gasteiger partial charge in [-0.2, -0.15) is 0 Å². The van der Waals surface area contributed by atoms with Crippen LogP contribution < -0.4 is 10.0 Å². The number of carbonyl (C=O) groups excluding carboxylic acids is 1. The molecule has 0 radical (unpaired) electrons. The summed E-state index contributed by atoms with van der Waals surface area (Å²) < 4.78 is 25.4. The lowest BCUT2D eigenvalue weighted by atomic mass is 10.0. The smallest absolute Gasteiger partial charge is 0.222 e. The van der Waals surface area contributed by atoms with E-state index in [0.717, 1.165) is 12.7 Å². The molecule has 5 nitrogen and oxygen atoms in total. The summed E-state index contributed by atoms with van der Waals surface area (Å²) in [5, 5.41) is 3.38. The maximum Gasteiger partial charge on any atom is 0.222 e. The van der Waals surface area contributed by atoms with E-state index in [1.807, 2.05) is 13.8 Å². The maximum absolute atomic E-state index is 12.0.